The van der Waals surface area contributed by atoms with E-state index in [1.54, 1.807) is 12.1 Å². The lowest BCUT2D eigenvalue weighted by atomic mass is 10.1. The monoisotopic (exact) mass is 313 g/mol. The van der Waals surface area contributed by atoms with E-state index in [2.05, 4.69) is 0 Å². The van der Waals surface area contributed by atoms with Crippen molar-refractivity contribution in [2.75, 3.05) is 0 Å². The predicted octanol–water partition coefficient (Wildman–Crippen LogP) is 2.91. The van der Waals surface area contributed by atoms with Crippen LogP contribution in [0.1, 0.15) is 11.1 Å². The van der Waals surface area contributed by atoms with Crippen LogP contribution < -0.4 is 5.73 Å². The molecule has 0 saturated heterocycles. The molecular weight excluding hydrogens is 301 g/mol. The van der Waals surface area contributed by atoms with E-state index in [9.17, 15) is 12.8 Å². The van der Waals surface area contributed by atoms with E-state index in [1.807, 2.05) is 0 Å². The first-order valence-electron chi connectivity index (χ1n) is 5.88. The van der Waals surface area contributed by atoms with Crippen LogP contribution in [0.2, 0.25) is 5.02 Å². The van der Waals surface area contributed by atoms with Crippen LogP contribution in [0.15, 0.2) is 47.4 Å². The molecule has 2 aromatic rings. The van der Waals surface area contributed by atoms with Crippen molar-refractivity contribution in [2.24, 2.45) is 5.73 Å². The number of halogens is 2. The molecule has 0 fully saturated rings. The summed E-state index contributed by atoms with van der Waals surface area (Å²) in [5.41, 5.74) is 6.47. The molecule has 0 aliphatic carbocycles. The highest BCUT2D eigenvalue weighted by Gasteiger charge is 2.19. The molecule has 3 nitrogen and oxygen atoms in total. The second-order valence-electron chi connectivity index (χ2n) is 4.31. The zero-order valence-corrected chi connectivity index (χ0v) is 12.1. The summed E-state index contributed by atoms with van der Waals surface area (Å²) in [7, 11) is -3.60. The molecule has 2 rings (SSSR count). The van der Waals surface area contributed by atoms with Crippen LogP contribution in [0.5, 0.6) is 0 Å². The standard InChI is InChI=1S/C14H13ClFNO2S/c15-13-3-1-2-4-14(13)20(18,19)9-10-5-6-12(16)7-11(10)8-17/h1-7H,8-9,17H2. The van der Waals surface area contributed by atoms with E-state index in [0.717, 1.165) is 0 Å². The Morgan fingerprint density at radius 1 is 1.10 bits per heavy atom. The van der Waals surface area contributed by atoms with Crippen LogP contribution in [0, 0.1) is 5.82 Å². The Hall–Kier alpha value is -1.43. The summed E-state index contributed by atoms with van der Waals surface area (Å²) in [6.45, 7) is 0.0745. The predicted molar refractivity (Wildman–Crippen MR) is 76.6 cm³/mol. The summed E-state index contributed by atoms with van der Waals surface area (Å²) in [4.78, 5) is 0.0639. The highest BCUT2D eigenvalue weighted by molar-refractivity contribution is 7.90. The molecule has 2 N–H and O–H groups in total. The van der Waals surface area contributed by atoms with Gasteiger partial charge in [0.1, 0.15) is 5.82 Å². The number of sulfone groups is 1. The molecule has 106 valence electrons. The van der Waals surface area contributed by atoms with Gasteiger partial charge in [0.05, 0.1) is 15.7 Å². The van der Waals surface area contributed by atoms with Gasteiger partial charge in [0.25, 0.3) is 0 Å². The first-order chi connectivity index (χ1) is 9.44. The van der Waals surface area contributed by atoms with Crippen LogP contribution in [-0.2, 0) is 22.1 Å². The lowest BCUT2D eigenvalue weighted by Crippen LogP contribution is -2.10. The highest BCUT2D eigenvalue weighted by Crippen LogP contribution is 2.25. The molecule has 0 saturated carbocycles. The first kappa shape index (κ1) is 15.0. The van der Waals surface area contributed by atoms with Crippen LogP contribution in [-0.4, -0.2) is 8.42 Å². The topological polar surface area (TPSA) is 60.2 Å². The number of hydrogen-bond donors (Lipinski definition) is 1. The molecule has 0 radical (unpaired) electrons. The lowest BCUT2D eigenvalue weighted by molar-refractivity contribution is 0.594. The van der Waals surface area contributed by atoms with Crippen molar-refractivity contribution in [3.63, 3.8) is 0 Å². The Balaban J connectivity index is 2.41. The Labute approximate surface area is 122 Å². The van der Waals surface area contributed by atoms with Crippen molar-refractivity contribution < 1.29 is 12.8 Å². The maximum Gasteiger partial charge on any atom is 0.183 e. The third kappa shape index (κ3) is 3.17. The van der Waals surface area contributed by atoms with Crippen molar-refractivity contribution in [1.29, 1.82) is 0 Å². The fourth-order valence-electron chi connectivity index (χ4n) is 1.90. The van der Waals surface area contributed by atoms with Gasteiger partial charge in [-0.25, -0.2) is 12.8 Å². The SMILES string of the molecule is NCc1cc(F)ccc1CS(=O)(=O)c1ccccc1Cl. The second-order valence-corrected chi connectivity index (χ2v) is 6.67. The summed E-state index contributed by atoms with van der Waals surface area (Å²) < 4.78 is 37.8. The number of rotatable bonds is 4. The molecule has 0 atom stereocenters. The number of hydrogen-bond acceptors (Lipinski definition) is 3. The van der Waals surface area contributed by atoms with Gasteiger partial charge in [0, 0.05) is 6.54 Å². The van der Waals surface area contributed by atoms with E-state index in [0.29, 0.717) is 11.1 Å². The first-order valence-corrected chi connectivity index (χ1v) is 7.92. The Morgan fingerprint density at radius 3 is 2.45 bits per heavy atom. The molecule has 0 bridgehead atoms. The Kier molecular flexibility index (Phi) is 4.42. The Morgan fingerprint density at radius 2 is 1.80 bits per heavy atom. The average Bonchev–Trinajstić information content (AvgIpc) is 2.41. The van der Waals surface area contributed by atoms with E-state index >= 15 is 0 Å². The van der Waals surface area contributed by atoms with Gasteiger partial charge < -0.3 is 5.73 Å². The van der Waals surface area contributed by atoms with Gasteiger partial charge in [-0.2, -0.15) is 0 Å². The van der Waals surface area contributed by atoms with Crippen LogP contribution in [0.4, 0.5) is 4.39 Å². The molecule has 0 aliphatic heterocycles. The van der Waals surface area contributed by atoms with Gasteiger partial charge in [-0.3, -0.25) is 0 Å². The van der Waals surface area contributed by atoms with E-state index in [-0.39, 0.29) is 22.2 Å². The highest BCUT2D eigenvalue weighted by atomic mass is 35.5. The molecule has 0 spiro atoms. The average molecular weight is 314 g/mol. The summed E-state index contributed by atoms with van der Waals surface area (Å²) in [6.07, 6.45) is 0. The van der Waals surface area contributed by atoms with E-state index < -0.39 is 15.7 Å². The fourth-order valence-corrected chi connectivity index (χ4v) is 3.89. The van der Waals surface area contributed by atoms with Gasteiger partial charge in [-0.05, 0) is 35.4 Å². The molecule has 0 aliphatic rings. The van der Waals surface area contributed by atoms with Crippen molar-refractivity contribution in [2.45, 2.75) is 17.2 Å². The molecule has 0 amide bonds. The lowest BCUT2D eigenvalue weighted by Gasteiger charge is -2.10. The zero-order chi connectivity index (χ0) is 14.8. The summed E-state index contributed by atoms with van der Waals surface area (Å²) in [5.74, 6) is -0.701. The maximum absolute atomic E-state index is 13.1. The summed E-state index contributed by atoms with van der Waals surface area (Å²) in [5, 5.41) is 0.170. The quantitative estimate of drug-likeness (QED) is 0.944. The van der Waals surface area contributed by atoms with Gasteiger partial charge in [0.2, 0.25) is 0 Å². The van der Waals surface area contributed by atoms with Crippen LogP contribution in [0.3, 0.4) is 0 Å². The normalized spacial score (nSPS) is 11.6. The number of nitrogens with two attached hydrogens (primary N) is 1. The van der Waals surface area contributed by atoms with Crippen molar-refractivity contribution in [3.05, 3.63) is 64.4 Å². The molecule has 2 aromatic carbocycles. The van der Waals surface area contributed by atoms with Crippen molar-refractivity contribution >= 4 is 21.4 Å². The van der Waals surface area contributed by atoms with Gasteiger partial charge in [-0.15, -0.1) is 0 Å². The molecular formula is C14H13ClFNO2S. The van der Waals surface area contributed by atoms with Crippen LogP contribution >= 0.6 is 11.6 Å². The molecule has 0 heterocycles. The van der Waals surface area contributed by atoms with Gasteiger partial charge >= 0.3 is 0 Å². The molecule has 0 aromatic heterocycles. The molecule has 0 unspecified atom stereocenters. The molecule has 6 heteroatoms. The smallest absolute Gasteiger partial charge is 0.183 e. The third-order valence-corrected chi connectivity index (χ3v) is 5.06. The Bertz CT molecular complexity index is 732. The maximum atomic E-state index is 13.1. The number of benzene rings is 2. The van der Waals surface area contributed by atoms with Crippen molar-refractivity contribution in [3.8, 4) is 0 Å². The summed E-state index contributed by atoms with van der Waals surface area (Å²) >= 11 is 5.91. The van der Waals surface area contributed by atoms with Crippen molar-refractivity contribution in [1.82, 2.24) is 0 Å². The largest absolute Gasteiger partial charge is 0.326 e. The zero-order valence-electron chi connectivity index (χ0n) is 10.5. The minimum Gasteiger partial charge on any atom is -0.326 e. The van der Waals surface area contributed by atoms with Gasteiger partial charge in [-0.1, -0.05) is 29.8 Å². The minimum atomic E-state index is -3.60. The van der Waals surface area contributed by atoms with E-state index in [4.69, 9.17) is 17.3 Å². The minimum absolute atomic E-state index is 0.0639. The fraction of sp³-hybridized carbons (Fsp3) is 0.143. The van der Waals surface area contributed by atoms with Crippen LogP contribution in [0.25, 0.3) is 0 Å². The third-order valence-electron chi connectivity index (χ3n) is 2.91. The summed E-state index contributed by atoms with van der Waals surface area (Å²) in [6, 6.07) is 10.1. The van der Waals surface area contributed by atoms with E-state index in [1.165, 1.54) is 30.3 Å². The molecule has 20 heavy (non-hydrogen) atoms. The van der Waals surface area contributed by atoms with Gasteiger partial charge in [0.15, 0.2) is 9.84 Å². The second kappa shape index (κ2) is 5.91.